The number of aromatic nitrogens is 1. The van der Waals surface area contributed by atoms with Gasteiger partial charge in [-0.25, -0.2) is 0 Å². The summed E-state index contributed by atoms with van der Waals surface area (Å²) in [6, 6.07) is 10.3. The third-order valence-electron chi connectivity index (χ3n) is 3.82. The van der Waals surface area contributed by atoms with Gasteiger partial charge in [-0.3, -0.25) is 4.98 Å². The van der Waals surface area contributed by atoms with Gasteiger partial charge in [0.1, 0.15) is 0 Å². The van der Waals surface area contributed by atoms with E-state index in [2.05, 4.69) is 10.3 Å². The van der Waals surface area contributed by atoms with Gasteiger partial charge in [0.25, 0.3) is 0 Å². The molecule has 4 nitrogen and oxygen atoms in total. The molecule has 1 atom stereocenters. The van der Waals surface area contributed by atoms with Gasteiger partial charge >= 0.3 is 6.18 Å². The quantitative estimate of drug-likeness (QED) is 0.743. The molecule has 1 heterocycles. The van der Waals surface area contributed by atoms with Gasteiger partial charge in [0.15, 0.2) is 5.11 Å². The molecule has 0 bridgehead atoms. The number of pyridine rings is 1. The molecule has 0 spiro atoms. The second-order valence-electron chi connectivity index (χ2n) is 5.63. The number of alkyl halides is 3. The number of hydrogen-bond acceptors (Lipinski definition) is 3. The molecule has 1 N–H and O–H groups in total. The van der Waals surface area contributed by atoms with Crippen molar-refractivity contribution >= 4 is 23.0 Å². The minimum atomic E-state index is -4.41. The lowest BCUT2D eigenvalue weighted by atomic mass is 10.2. The molecule has 0 fully saturated rings. The Morgan fingerprint density at radius 3 is 2.65 bits per heavy atom. The van der Waals surface area contributed by atoms with Gasteiger partial charge in [-0.15, -0.1) is 0 Å². The Bertz CT molecular complexity index is 725. The van der Waals surface area contributed by atoms with Crippen LogP contribution in [0.5, 0.6) is 0 Å². The topological polar surface area (TPSA) is 37.4 Å². The number of nitrogens with zero attached hydrogens (tertiary/aromatic N) is 2. The largest absolute Gasteiger partial charge is 0.416 e. The molecule has 2 aromatic rings. The van der Waals surface area contributed by atoms with Crippen LogP contribution in [0.3, 0.4) is 0 Å². The minimum Gasteiger partial charge on any atom is -0.383 e. The summed E-state index contributed by atoms with van der Waals surface area (Å²) >= 11 is 5.43. The first-order valence-electron chi connectivity index (χ1n) is 7.97. The van der Waals surface area contributed by atoms with E-state index in [0.717, 1.165) is 17.8 Å². The van der Waals surface area contributed by atoms with Crippen molar-refractivity contribution in [1.82, 2.24) is 9.88 Å². The van der Waals surface area contributed by atoms with Crippen LogP contribution >= 0.6 is 12.2 Å². The Morgan fingerprint density at radius 1 is 1.27 bits per heavy atom. The van der Waals surface area contributed by atoms with Crippen LogP contribution in [0, 0.1) is 0 Å². The summed E-state index contributed by atoms with van der Waals surface area (Å²) < 4.78 is 43.8. The summed E-state index contributed by atoms with van der Waals surface area (Å²) in [5, 5.41) is 3.19. The molecule has 26 heavy (non-hydrogen) atoms. The standard InChI is InChI=1S/C18H20F3N3OS/c1-13(16-8-3-4-9-22-16)24(10-11-25-2)17(26)23-15-7-5-6-14(12-15)18(19,20)21/h3-9,12-13H,10-11H2,1-2H3,(H,23,26)/t13-/m1/s1. The maximum Gasteiger partial charge on any atom is 0.416 e. The van der Waals surface area contributed by atoms with Gasteiger partial charge in [0, 0.05) is 25.5 Å². The molecule has 140 valence electrons. The minimum absolute atomic E-state index is 0.169. The number of halogens is 3. The van der Waals surface area contributed by atoms with E-state index in [0.29, 0.717) is 18.3 Å². The third-order valence-corrected chi connectivity index (χ3v) is 4.16. The maximum absolute atomic E-state index is 12.9. The molecular formula is C18H20F3N3OS. The van der Waals surface area contributed by atoms with Gasteiger partial charge in [0.05, 0.1) is 23.9 Å². The molecule has 0 saturated carbocycles. The summed E-state index contributed by atoms with van der Waals surface area (Å²) in [6.07, 6.45) is -2.72. The molecule has 0 unspecified atom stereocenters. The molecule has 8 heteroatoms. The molecule has 0 aliphatic heterocycles. The van der Waals surface area contributed by atoms with E-state index in [-0.39, 0.29) is 11.7 Å². The van der Waals surface area contributed by atoms with Crippen LogP contribution < -0.4 is 5.32 Å². The first kappa shape index (κ1) is 20.1. The van der Waals surface area contributed by atoms with Crippen molar-refractivity contribution in [1.29, 1.82) is 0 Å². The van der Waals surface area contributed by atoms with E-state index < -0.39 is 11.7 Å². The zero-order chi connectivity index (χ0) is 19.2. The zero-order valence-electron chi connectivity index (χ0n) is 14.5. The number of hydrogen-bond donors (Lipinski definition) is 1. The molecule has 0 saturated heterocycles. The molecule has 0 amide bonds. The number of thiocarbonyl (C=S) groups is 1. The van der Waals surface area contributed by atoms with Crippen molar-refractivity contribution in [2.45, 2.75) is 19.1 Å². The van der Waals surface area contributed by atoms with Gasteiger partial charge in [0.2, 0.25) is 0 Å². The van der Waals surface area contributed by atoms with E-state index in [9.17, 15) is 13.2 Å². The Kier molecular flexibility index (Phi) is 6.93. The highest BCUT2D eigenvalue weighted by Crippen LogP contribution is 2.31. The van der Waals surface area contributed by atoms with Gasteiger partial charge in [-0.2, -0.15) is 13.2 Å². The lowest BCUT2D eigenvalue weighted by Gasteiger charge is -2.31. The Labute approximate surface area is 156 Å². The number of methoxy groups -OCH3 is 1. The van der Waals surface area contributed by atoms with Gasteiger partial charge < -0.3 is 15.0 Å². The lowest BCUT2D eigenvalue weighted by Crippen LogP contribution is -2.39. The van der Waals surface area contributed by atoms with Crippen LogP contribution in [0.25, 0.3) is 0 Å². The lowest BCUT2D eigenvalue weighted by molar-refractivity contribution is -0.137. The van der Waals surface area contributed by atoms with Crippen LogP contribution in [0.2, 0.25) is 0 Å². The predicted molar refractivity (Wildman–Crippen MR) is 98.9 cm³/mol. The normalized spacial score (nSPS) is 12.5. The molecule has 1 aromatic carbocycles. The zero-order valence-corrected chi connectivity index (χ0v) is 15.3. The van der Waals surface area contributed by atoms with E-state index in [1.54, 1.807) is 19.4 Å². The number of benzene rings is 1. The van der Waals surface area contributed by atoms with Crippen molar-refractivity contribution in [3.63, 3.8) is 0 Å². The van der Waals surface area contributed by atoms with Crippen LogP contribution in [0.1, 0.15) is 24.2 Å². The predicted octanol–water partition coefficient (Wildman–Crippen LogP) is 4.51. The monoisotopic (exact) mass is 383 g/mol. The van der Waals surface area contributed by atoms with Crippen molar-refractivity contribution in [2.75, 3.05) is 25.6 Å². The van der Waals surface area contributed by atoms with E-state index in [1.807, 2.05) is 30.0 Å². The van der Waals surface area contributed by atoms with Crippen molar-refractivity contribution < 1.29 is 17.9 Å². The number of anilines is 1. The van der Waals surface area contributed by atoms with Gasteiger partial charge in [-0.05, 0) is 49.5 Å². The smallest absolute Gasteiger partial charge is 0.383 e. The summed E-state index contributed by atoms with van der Waals surface area (Å²) in [4.78, 5) is 6.16. The second-order valence-corrected chi connectivity index (χ2v) is 6.01. The van der Waals surface area contributed by atoms with Crippen LogP contribution in [-0.4, -0.2) is 35.3 Å². The summed E-state index contributed by atoms with van der Waals surface area (Å²) in [5.74, 6) is 0. The third kappa shape index (κ3) is 5.40. The molecule has 0 aliphatic rings. The number of rotatable bonds is 6. The highest BCUT2D eigenvalue weighted by molar-refractivity contribution is 7.80. The van der Waals surface area contributed by atoms with Crippen LogP contribution in [-0.2, 0) is 10.9 Å². The van der Waals surface area contributed by atoms with E-state index >= 15 is 0 Å². The van der Waals surface area contributed by atoms with Crippen LogP contribution in [0.4, 0.5) is 18.9 Å². The average Bonchev–Trinajstić information content (AvgIpc) is 2.62. The SMILES string of the molecule is COCCN(C(=S)Nc1cccc(C(F)(F)F)c1)[C@H](C)c1ccccn1. The maximum atomic E-state index is 12.9. The first-order chi connectivity index (χ1) is 12.3. The fourth-order valence-electron chi connectivity index (χ4n) is 2.41. The Hall–Kier alpha value is -2.19. The van der Waals surface area contributed by atoms with Crippen molar-refractivity contribution in [3.05, 3.63) is 59.9 Å². The fourth-order valence-corrected chi connectivity index (χ4v) is 2.78. The Balaban J connectivity index is 2.19. The van der Waals surface area contributed by atoms with E-state index in [4.69, 9.17) is 17.0 Å². The Morgan fingerprint density at radius 2 is 2.04 bits per heavy atom. The second kappa shape index (κ2) is 8.95. The summed E-state index contributed by atoms with van der Waals surface area (Å²) in [7, 11) is 1.58. The van der Waals surface area contributed by atoms with E-state index in [1.165, 1.54) is 6.07 Å². The number of ether oxygens (including phenoxy) is 1. The average molecular weight is 383 g/mol. The number of nitrogens with one attached hydrogen (secondary N) is 1. The molecule has 0 aliphatic carbocycles. The highest BCUT2D eigenvalue weighted by atomic mass is 32.1. The first-order valence-corrected chi connectivity index (χ1v) is 8.38. The summed E-state index contributed by atoms with van der Waals surface area (Å²) in [5.41, 5.74) is 0.351. The molecule has 1 aromatic heterocycles. The fraction of sp³-hybridized carbons (Fsp3) is 0.333. The van der Waals surface area contributed by atoms with Crippen molar-refractivity contribution in [2.24, 2.45) is 0 Å². The van der Waals surface area contributed by atoms with Gasteiger partial charge in [-0.1, -0.05) is 12.1 Å². The highest BCUT2D eigenvalue weighted by Gasteiger charge is 2.30. The molecule has 0 radical (unpaired) electrons. The summed E-state index contributed by atoms with van der Waals surface area (Å²) in [6.45, 7) is 2.82. The van der Waals surface area contributed by atoms with Crippen molar-refractivity contribution in [3.8, 4) is 0 Å². The van der Waals surface area contributed by atoms with Crippen LogP contribution in [0.15, 0.2) is 48.7 Å². The molecular weight excluding hydrogens is 363 g/mol. The molecule has 2 rings (SSSR count).